The maximum absolute atomic E-state index is 12.2. The first-order valence-corrected chi connectivity index (χ1v) is 7.56. The Labute approximate surface area is 139 Å². The van der Waals surface area contributed by atoms with E-state index < -0.39 is 17.9 Å². The van der Waals surface area contributed by atoms with Gasteiger partial charge in [-0.05, 0) is 28.5 Å². The van der Waals surface area contributed by atoms with Gasteiger partial charge in [-0.2, -0.15) is 0 Å². The Morgan fingerprint density at radius 3 is 2.50 bits per heavy atom. The van der Waals surface area contributed by atoms with Gasteiger partial charge in [0.05, 0.1) is 0 Å². The highest BCUT2D eigenvalue weighted by molar-refractivity contribution is 5.95. The number of amides is 1. The standard InChI is InChI=1S/C19H16N2O3/c22-18(16-10-3-4-11-20-16)21-17(19(23)24)12-14-8-5-7-13-6-1-2-9-15(13)14/h1-11,17H,12H2,(H,21,22)(H,23,24)/t17-/m0/s1. The number of rotatable bonds is 5. The Balaban J connectivity index is 1.84. The van der Waals surface area contributed by atoms with Gasteiger partial charge in [-0.3, -0.25) is 9.78 Å². The molecule has 0 fully saturated rings. The molecule has 0 radical (unpaired) electrons. The summed E-state index contributed by atoms with van der Waals surface area (Å²) in [6.45, 7) is 0. The number of hydrogen-bond donors (Lipinski definition) is 2. The van der Waals surface area contributed by atoms with Crippen LogP contribution in [0.25, 0.3) is 10.8 Å². The molecule has 1 atom stereocenters. The zero-order chi connectivity index (χ0) is 16.9. The van der Waals surface area contributed by atoms with E-state index in [-0.39, 0.29) is 12.1 Å². The summed E-state index contributed by atoms with van der Waals surface area (Å²) in [4.78, 5) is 27.7. The minimum absolute atomic E-state index is 0.196. The smallest absolute Gasteiger partial charge is 0.326 e. The third-order valence-corrected chi connectivity index (χ3v) is 3.80. The Bertz CT molecular complexity index is 873. The highest BCUT2D eigenvalue weighted by atomic mass is 16.4. The van der Waals surface area contributed by atoms with Crippen molar-refractivity contribution in [3.63, 3.8) is 0 Å². The lowest BCUT2D eigenvalue weighted by Gasteiger charge is -2.15. The van der Waals surface area contributed by atoms with Crippen molar-refractivity contribution < 1.29 is 14.7 Å². The molecule has 1 aromatic heterocycles. The van der Waals surface area contributed by atoms with Gasteiger partial charge in [0.15, 0.2) is 0 Å². The van der Waals surface area contributed by atoms with Crippen LogP contribution in [0.2, 0.25) is 0 Å². The zero-order valence-corrected chi connectivity index (χ0v) is 12.8. The molecule has 2 N–H and O–H groups in total. The van der Waals surface area contributed by atoms with Crippen LogP contribution < -0.4 is 5.32 Å². The Kier molecular flexibility index (Phi) is 4.52. The number of benzene rings is 2. The first-order chi connectivity index (χ1) is 11.6. The third kappa shape index (κ3) is 3.41. The quantitative estimate of drug-likeness (QED) is 0.757. The number of carboxylic acids is 1. The van der Waals surface area contributed by atoms with Crippen LogP contribution in [-0.2, 0) is 11.2 Å². The van der Waals surface area contributed by atoms with Crippen LogP contribution in [0.3, 0.4) is 0 Å². The van der Waals surface area contributed by atoms with Crippen molar-refractivity contribution in [1.29, 1.82) is 0 Å². The second-order valence-electron chi connectivity index (χ2n) is 5.42. The fraction of sp³-hybridized carbons (Fsp3) is 0.105. The molecular formula is C19H16N2O3. The lowest BCUT2D eigenvalue weighted by atomic mass is 9.98. The van der Waals surface area contributed by atoms with Gasteiger partial charge >= 0.3 is 5.97 Å². The predicted molar refractivity (Wildman–Crippen MR) is 90.8 cm³/mol. The van der Waals surface area contributed by atoms with Crippen LogP contribution in [0, 0.1) is 0 Å². The van der Waals surface area contributed by atoms with E-state index in [1.54, 1.807) is 18.2 Å². The Morgan fingerprint density at radius 1 is 1.00 bits per heavy atom. The number of carboxylic acid groups (broad SMARTS) is 1. The van der Waals surface area contributed by atoms with E-state index in [1.807, 2.05) is 42.5 Å². The van der Waals surface area contributed by atoms with Crippen molar-refractivity contribution in [2.75, 3.05) is 0 Å². The van der Waals surface area contributed by atoms with E-state index in [2.05, 4.69) is 10.3 Å². The van der Waals surface area contributed by atoms with Crippen LogP contribution in [0.4, 0.5) is 0 Å². The molecular weight excluding hydrogens is 304 g/mol. The van der Waals surface area contributed by atoms with Crippen molar-refractivity contribution in [3.8, 4) is 0 Å². The first-order valence-electron chi connectivity index (χ1n) is 7.56. The summed E-state index contributed by atoms with van der Waals surface area (Å²) in [6, 6.07) is 17.4. The number of hydrogen-bond acceptors (Lipinski definition) is 3. The number of carbonyl (C=O) groups excluding carboxylic acids is 1. The lowest BCUT2D eigenvalue weighted by molar-refractivity contribution is -0.139. The van der Waals surface area contributed by atoms with Crippen LogP contribution in [0.5, 0.6) is 0 Å². The van der Waals surface area contributed by atoms with E-state index in [1.165, 1.54) is 6.20 Å². The molecule has 1 amide bonds. The molecule has 0 saturated carbocycles. The van der Waals surface area contributed by atoms with Crippen LogP contribution in [-0.4, -0.2) is 28.0 Å². The molecule has 0 aliphatic heterocycles. The van der Waals surface area contributed by atoms with Crippen LogP contribution in [0.1, 0.15) is 16.1 Å². The molecule has 0 spiro atoms. The monoisotopic (exact) mass is 320 g/mol. The van der Waals surface area contributed by atoms with Gasteiger partial charge in [0.2, 0.25) is 0 Å². The van der Waals surface area contributed by atoms with E-state index in [0.29, 0.717) is 0 Å². The van der Waals surface area contributed by atoms with Crippen molar-refractivity contribution in [2.24, 2.45) is 0 Å². The number of nitrogens with one attached hydrogen (secondary N) is 1. The maximum Gasteiger partial charge on any atom is 0.326 e. The summed E-state index contributed by atoms with van der Waals surface area (Å²) in [5, 5.41) is 14.0. The van der Waals surface area contributed by atoms with E-state index in [4.69, 9.17) is 0 Å². The molecule has 2 aromatic carbocycles. The second kappa shape index (κ2) is 6.91. The van der Waals surface area contributed by atoms with Crippen LogP contribution >= 0.6 is 0 Å². The maximum atomic E-state index is 12.2. The normalized spacial score (nSPS) is 11.8. The van der Waals surface area contributed by atoms with Gasteiger partial charge in [-0.25, -0.2) is 4.79 Å². The molecule has 5 nitrogen and oxygen atoms in total. The van der Waals surface area contributed by atoms with E-state index in [0.717, 1.165) is 16.3 Å². The Hall–Kier alpha value is -3.21. The summed E-state index contributed by atoms with van der Waals surface area (Å²) >= 11 is 0. The molecule has 3 aromatic rings. The Morgan fingerprint density at radius 2 is 1.75 bits per heavy atom. The van der Waals surface area contributed by atoms with Gasteiger partial charge in [0.25, 0.3) is 5.91 Å². The summed E-state index contributed by atoms with van der Waals surface area (Å²) in [5.74, 6) is -1.57. The van der Waals surface area contributed by atoms with Gasteiger partial charge in [0.1, 0.15) is 11.7 Å². The summed E-state index contributed by atoms with van der Waals surface area (Å²) in [7, 11) is 0. The van der Waals surface area contributed by atoms with Crippen molar-refractivity contribution >= 4 is 22.6 Å². The highest BCUT2D eigenvalue weighted by Crippen LogP contribution is 2.20. The predicted octanol–water partition coefficient (Wildman–Crippen LogP) is 2.66. The topological polar surface area (TPSA) is 79.3 Å². The average molecular weight is 320 g/mol. The number of aromatic nitrogens is 1. The van der Waals surface area contributed by atoms with Crippen molar-refractivity contribution in [1.82, 2.24) is 10.3 Å². The van der Waals surface area contributed by atoms with Crippen molar-refractivity contribution in [3.05, 3.63) is 78.1 Å². The number of pyridine rings is 1. The molecule has 0 saturated heterocycles. The van der Waals surface area contributed by atoms with Gasteiger partial charge in [-0.1, -0.05) is 48.5 Å². The molecule has 0 unspecified atom stereocenters. The lowest BCUT2D eigenvalue weighted by Crippen LogP contribution is -2.42. The number of aliphatic carboxylic acids is 1. The molecule has 5 heteroatoms. The second-order valence-corrected chi connectivity index (χ2v) is 5.42. The molecule has 0 aliphatic carbocycles. The van der Waals surface area contributed by atoms with Gasteiger partial charge < -0.3 is 10.4 Å². The van der Waals surface area contributed by atoms with Gasteiger partial charge in [-0.15, -0.1) is 0 Å². The highest BCUT2D eigenvalue weighted by Gasteiger charge is 2.22. The summed E-state index contributed by atoms with van der Waals surface area (Å²) in [6.07, 6.45) is 1.70. The number of nitrogens with zero attached hydrogens (tertiary/aromatic N) is 1. The largest absolute Gasteiger partial charge is 0.480 e. The minimum atomic E-state index is -1.08. The molecule has 0 bridgehead atoms. The van der Waals surface area contributed by atoms with E-state index >= 15 is 0 Å². The van der Waals surface area contributed by atoms with E-state index in [9.17, 15) is 14.7 Å². The molecule has 24 heavy (non-hydrogen) atoms. The molecule has 0 aliphatic rings. The van der Waals surface area contributed by atoms with Gasteiger partial charge in [0, 0.05) is 12.6 Å². The van der Waals surface area contributed by atoms with Crippen LogP contribution in [0.15, 0.2) is 66.9 Å². The average Bonchev–Trinajstić information content (AvgIpc) is 2.62. The molecule has 3 rings (SSSR count). The molecule has 1 heterocycles. The number of fused-ring (bicyclic) bond motifs is 1. The summed E-state index contributed by atoms with van der Waals surface area (Å²) in [5.41, 5.74) is 1.07. The fourth-order valence-corrected chi connectivity index (χ4v) is 2.62. The summed E-state index contributed by atoms with van der Waals surface area (Å²) < 4.78 is 0. The first kappa shape index (κ1) is 15.7. The fourth-order valence-electron chi connectivity index (χ4n) is 2.62. The van der Waals surface area contributed by atoms with Crippen molar-refractivity contribution in [2.45, 2.75) is 12.5 Å². The SMILES string of the molecule is O=C(N[C@@H](Cc1cccc2ccccc12)C(=O)O)c1ccccn1. The molecule has 120 valence electrons. The zero-order valence-electron chi connectivity index (χ0n) is 12.8. The number of carbonyl (C=O) groups is 2. The minimum Gasteiger partial charge on any atom is -0.480 e. The third-order valence-electron chi connectivity index (χ3n) is 3.80.